The first kappa shape index (κ1) is 21.5. The Hall–Kier alpha value is -3.19. The average molecular weight is 423 g/mol. The van der Waals surface area contributed by atoms with E-state index < -0.39 is 9.73 Å². The minimum atomic E-state index is -2.93. The summed E-state index contributed by atoms with van der Waals surface area (Å²) in [5, 5.41) is 0. The highest BCUT2D eigenvalue weighted by Crippen LogP contribution is 2.25. The number of nitrogen functional groups attached to an aromatic ring is 1. The van der Waals surface area contributed by atoms with Crippen molar-refractivity contribution in [2.75, 3.05) is 23.4 Å². The minimum absolute atomic E-state index is 0.0605. The molecule has 0 aliphatic carbocycles. The van der Waals surface area contributed by atoms with Crippen LogP contribution in [0.5, 0.6) is 0 Å². The van der Waals surface area contributed by atoms with E-state index in [0.717, 1.165) is 22.4 Å². The van der Waals surface area contributed by atoms with Crippen molar-refractivity contribution in [2.45, 2.75) is 24.7 Å². The van der Waals surface area contributed by atoms with Crippen molar-refractivity contribution in [1.82, 2.24) is 4.98 Å². The lowest BCUT2D eigenvalue weighted by molar-refractivity contribution is -0.118. The van der Waals surface area contributed by atoms with Crippen LogP contribution in [0.15, 0.2) is 71.8 Å². The van der Waals surface area contributed by atoms with Crippen LogP contribution in [0.4, 0.5) is 11.5 Å². The molecule has 0 spiro atoms. The molecule has 1 unspecified atom stereocenters. The molecule has 3 aromatic rings. The zero-order valence-corrected chi connectivity index (χ0v) is 18.0. The molecular weight excluding hydrogens is 396 g/mol. The molecule has 0 fully saturated rings. The monoisotopic (exact) mass is 422 g/mol. The van der Waals surface area contributed by atoms with Gasteiger partial charge >= 0.3 is 0 Å². The van der Waals surface area contributed by atoms with Crippen LogP contribution in [-0.2, 0) is 20.9 Å². The number of nitrogens with two attached hydrogens (primary N) is 1. The van der Waals surface area contributed by atoms with Crippen LogP contribution in [0.2, 0.25) is 0 Å². The summed E-state index contributed by atoms with van der Waals surface area (Å²) in [5.41, 5.74) is 9.43. The number of nitrogens with one attached hydrogen (secondary N) is 1. The highest BCUT2D eigenvalue weighted by Gasteiger charge is 2.13. The number of aryl methyl sites for hydroxylation is 1. The molecule has 0 saturated carbocycles. The van der Waals surface area contributed by atoms with Crippen molar-refractivity contribution in [3.63, 3.8) is 0 Å². The summed E-state index contributed by atoms with van der Waals surface area (Å²) in [6.45, 7) is 1.84. The molecule has 6 nitrogen and oxygen atoms in total. The molecule has 0 bridgehead atoms. The number of aromatic nitrogens is 1. The van der Waals surface area contributed by atoms with Crippen LogP contribution in [0, 0.1) is 4.78 Å². The quantitative estimate of drug-likeness (QED) is 0.591. The number of hydrogen-bond acceptors (Lipinski definition) is 5. The number of carbonyl (C=O) groups is 1. The number of carbonyl (C=O) groups excluding carboxylic acids is 1. The Kier molecular flexibility index (Phi) is 6.52. The summed E-state index contributed by atoms with van der Waals surface area (Å²) >= 11 is 0. The number of amides is 1. The zero-order valence-electron chi connectivity index (χ0n) is 17.2. The summed E-state index contributed by atoms with van der Waals surface area (Å²) in [6.07, 6.45) is 2.51. The normalized spacial score (nSPS) is 12.9. The number of benzene rings is 2. The average Bonchev–Trinajstić information content (AvgIpc) is 2.77. The highest BCUT2D eigenvalue weighted by molar-refractivity contribution is 7.92. The van der Waals surface area contributed by atoms with Gasteiger partial charge < -0.3 is 10.6 Å². The van der Waals surface area contributed by atoms with E-state index >= 15 is 0 Å². The van der Waals surface area contributed by atoms with E-state index in [2.05, 4.69) is 4.98 Å². The molecule has 3 rings (SSSR count). The lowest BCUT2D eigenvalue weighted by Crippen LogP contribution is -2.24. The summed E-state index contributed by atoms with van der Waals surface area (Å²) < 4.78 is 21.2. The summed E-state index contributed by atoms with van der Waals surface area (Å²) in [7, 11) is -1.17. The van der Waals surface area contributed by atoms with Crippen LogP contribution in [-0.4, -0.2) is 27.9 Å². The number of pyridine rings is 1. The predicted molar refractivity (Wildman–Crippen MR) is 122 cm³/mol. The van der Waals surface area contributed by atoms with E-state index in [1.807, 2.05) is 49.4 Å². The molecule has 1 atom stereocenters. The van der Waals surface area contributed by atoms with Gasteiger partial charge in [-0.1, -0.05) is 37.3 Å². The fourth-order valence-electron chi connectivity index (χ4n) is 3.16. The molecule has 156 valence electrons. The van der Waals surface area contributed by atoms with E-state index in [1.165, 1.54) is 0 Å². The van der Waals surface area contributed by atoms with E-state index in [4.69, 9.17) is 10.5 Å². The first-order valence-corrected chi connectivity index (χ1v) is 11.5. The van der Waals surface area contributed by atoms with Gasteiger partial charge in [0.1, 0.15) is 5.82 Å². The van der Waals surface area contributed by atoms with Crippen molar-refractivity contribution < 1.29 is 9.00 Å². The van der Waals surface area contributed by atoms with Crippen molar-refractivity contribution in [3.05, 3.63) is 72.4 Å². The molecule has 1 amide bonds. The van der Waals surface area contributed by atoms with Gasteiger partial charge in [0.2, 0.25) is 5.91 Å². The highest BCUT2D eigenvalue weighted by atomic mass is 32.2. The second kappa shape index (κ2) is 9.09. The van der Waals surface area contributed by atoms with Gasteiger partial charge in [0.15, 0.2) is 0 Å². The largest absolute Gasteiger partial charge is 0.383 e. The zero-order chi connectivity index (χ0) is 21.7. The molecule has 30 heavy (non-hydrogen) atoms. The van der Waals surface area contributed by atoms with Gasteiger partial charge in [-0.15, -0.1) is 0 Å². The van der Waals surface area contributed by atoms with Crippen LogP contribution < -0.4 is 10.6 Å². The number of rotatable bonds is 7. The molecule has 0 radical (unpaired) electrons. The number of anilines is 2. The molecule has 0 saturated heterocycles. The number of hydrogen-bond donors (Lipinski definition) is 2. The molecular formula is C23H26N4O2S. The Balaban J connectivity index is 1.72. The van der Waals surface area contributed by atoms with Crippen LogP contribution in [0.1, 0.15) is 18.9 Å². The first-order valence-electron chi connectivity index (χ1n) is 9.74. The fraction of sp³-hybridized carbons (Fsp3) is 0.217. The summed E-state index contributed by atoms with van der Waals surface area (Å²) in [5.74, 6) is 0.664. The Morgan fingerprint density at radius 2 is 1.67 bits per heavy atom. The summed E-state index contributed by atoms with van der Waals surface area (Å²) in [4.78, 5) is 18.0. The molecule has 1 aromatic heterocycles. The molecule has 0 aliphatic heterocycles. The Morgan fingerprint density at radius 3 is 2.23 bits per heavy atom. The van der Waals surface area contributed by atoms with Crippen LogP contribution in [0.25, 0.3) is 11.1 Å². The lowest BCUT2D eigenvalue weighted by Gasteiger charge is -2.17. The van der Waals surface area contributed by atoms with Gasteiger partial charge in [-0.25, -0.2) is 14.0 Å². The topological polar surface area (TPSA) is 100 Å². The summed E-state index contributed by atoms with van der Waals surface area (Å²) in [6, 6.07) is 18.6. The molecule has 0 aliphatic rings. The maximum Gasteiger partial charge on any atom is 0.226 e. The second-order valence-corrected chi connectivity index (χ2v) is 9.28. The minimum Gasteiger partial charge on any atom is -0.383 e. The van der Waals surface area contributed by atoms with Gasteiger partial charge in [0.05, 0.1) is 9.73 Å². The third kappa shape index (κ3) is 4.86. The van der Waals surface area contributed by atoms with Crippen LogP contribution in [0.3, 0.4) is 0 Å². The van der Waals surface area contributed by atoms with E-state index in [1.54, 1.807) is 36.3 Å². The third-order valence-corrected chi connectivity index (χ3v) is 6.90. The Bertz CT molecular complexity index is 1120. The van der Waals surface area contributed by atoms with Gasteiger partial charge in [0, 0.05) is 36.0 Å². The molecule has 2 aromatic carbocycles. The molecule has 3 N–H and O–H groups in total. The predicted octanol–water partition coefficient (Wildman–Crippen LogP) is 4.35. The first-order chi connectivity index (χ1) is 14.3. The van der Waals surface area contributed by atoms with Gasteiger partial charge in [-0.3, -0.25) is 4.79 Å². The van der Waals surface area contributed by atoms with Crippen molar-refractivity contribution in [3.8, 4) is 11.1 Å². The van der Waals surface area contributed by atoms with Crippen molar-refractivity contribution in [1.29, 1.82) is 4.78 Å². The standard InChI is InChI=1S/C23H26N4O2S/c1-3-22(28)27(2)20-10-6-17(7-11-20)18-8-12-21(13-9-18)30(25,29)16-14-19-5-4-15-26-23(19)24/h4-13,15,25H,3,14,16H2,1-2H3,(H2,24,26). The SMILES string of the molecule is CCC(=O)N(C)c1ccc(-c2ccc(S(=N)(=O)CCc3cccnc3N)cc2)cc1. The van der Waals surface area contributed by atoms with Crippen molar-refractivity contribution >= 4 is 27.1 Å². The smallest absolute Gasteiger partial charge is 0.226 e. The van der Waals surface area contributed by atoms with E-state index in [-0.39, 0.29) is 11.7 Å². The van der Waals surface area contributed by atoms with Crippen molar-refractivity contribution in [2.24, 2.45) is 0 Å². The maximum absolute atomic E-state index is 12.9. The van der Waals surface area contributed by atoms with Gasteiger partial charge in [-0.2, -0.15) is 0 Å². The third-order valence-electron chi connectivity index (χ3n) is 5.08. The maximum atomic E-state index is 12.9. The lowest BCUT2D eigenvalue weighted by atomic mass is 10.1. The molecule has 7 heteroatoms. The molecule has 1 heterocycles. The van der Waals surface area contributed by atoms with Crippen LogP contribution >= 0.6 is 0 Å². The van der Waals surface area contributed by atoms with Gasteiger partial charge in [0.25, 0.3) is 0 Å². The fourth-order valence-corrected chi connectivity index (χ4v) is 4.48. The number of nitrogens with zero attached hydrogens (tertiary/aromatic N) is 2. The van der Waals surface area contributed by atoms with E-state index in [9.17, 15) is 9.00 Å². The Labute approximate surface area is 177 Å². The Morgan fingerprint density at radius 1 is 1.07 bits per heavy atom. The second-order valence-electron chi connectivity index (χ2n) is 7.05. The van der Waals surface area contributed by atoms with Gasteiger partial charge in [-0.05, 0) is 53.4 Å². The van der Waals surface area contributed by atoms with E-state index in [0.29, 0.717) is 23.6 Å².